The molecule has 3 heteroatoms. The molecule has 24 heavy (non-hydrogen) atoms. The highest BCUT2D eigenvalue weighted by atomic mass is 32.2. The zero-order chi connectivity index (χ0) is 16.7. The summed E-state index contributed by atoms with van der Waals surface area (Å²) in [5, 5.41) is 3.22. The minimum Gasteiger partial charge on any atom is -0.352 e. The first-order valence-corrected chi connectivity index (χ1v) is 9.53. The number of hydrogen-bond donors (Lipinski definition) is 1. The van der Waals surface area contributed by atoms with E-state index in [-0.39, 0.29) is 11.3 Å². The Morgan fingerprint density at radius 3 is 2.79 bits per heavy atom. The Hall–Kier alpha value is -1.74. The van der Waals surface area contributed by atoms with Crippen molar-refractivity contribution in [2.75, 3.05) is 0 Å². The minimum absolute atomic E-state index is 0.0913. The van der Waals surface area contributed by atoms with E-state index in [9.17, 15) is 4.79 Å². The van der Waals surface area contributed by atoms with Crippen molar-refractivity contribution in [1.29, 1.82) is 0 Å². The summed E-state index contributed by atoms with van der Waals surface area (Å²) in [7, 11) is 0. The third kappa shape index (κ3) is 2.75. The molecule has 0 saturated carbocycles. The molecule has 0 bridgehead atoms. The van der Waals surface area contributed by atoms with Crippen LogP contribution in [-0.4, -0.2) is 11.9 Å². The maximum Gasteiger partial charge on any atom is 0.220 e. The van der Waals surface area contributed by atoms with Crippen molar-refractivity contribution in [1.82, 2.24) is 5.32 Å². The maximum absolute atomic E-state index is 11.7. The van der Waals surface area contributed by atoms with E-state index in [4.69, 9.17) is 0 Å². The molecule has 2 nitrogen and oxygen atoms in total. The second-order valence-electron chi connectivity index (χ2n) is 7.31. The van der Waals surface area contributed by atoms with E-state index in [1.165, 1.54) is 26.5 Å². The molecule has 2 aromatic carbocycles. The van der Waals surface area contributed by atoms with E-state index in [2.05, 4.69) is 61.6 Å². The smallest absolute Gasteiger partial charge is 0.220 e. The predicted molar refractivity (Wildman–Crippen MR) is 98.6 cm³/mol. The van der Waals surface area contributed by atoms with Gasteiger partial charge in [-0.2, -0.15) is 0 Å². The number of amides is 1. The highest BCUT2D eigenvalue weighted by molar-refractivity contribution is 7.99. The Labute approximate surface area is 148 Å². The van der Waals surface area contributed by atoms with Gasteiger partial charge in [0.15, 0.2) is 0 Å². The number of aryl methyl sites for hydroxylation is 2. The lowest BCUT2D eigenvalue weighted by Crippen LogP contribution is -2.55. The van der Waals surface area contributed by atoms with Crippen LogP contribution in [0.15, 0.2) is 52.3 Å². The molecule has 1 aliphatic heterocycles. The largest absolute Gasteiger partial charge is 0.352 e. The Kier molecular flexibility index (Phi) is 3.92. The second-order valence-corrected chi connectivity index (χ2v) is 8.46. The molecule has 0 radical (unpaired) electrons. The van der Waals surface area contributed by atoms with E-state index in [1.807, 2.05) is 11.8 Å². The second kappa shape index (κ2) is 5.96. The summed E-state index contributed by atoms with van der Waals surface area (Å²) in [6, 6.07) is 15.9. The average molecular weight is 337 g/mol. The van der Waals surface area contributed by atoms with Gasteiger partial charge in [0, 0.05) is 27.7 Å². The number of rotatable bonds is 2. The third-order valence-corrected chi connectivity index (χ3v) is 6.57. The van der Waals surface area contributed by atoms with Gasteiger partial charge in [-0.1, -0.05) is 42.4 Å². The summed E-state index contributed by atoms with van der Waals surface area (Å²) >= 11 is 1.83. The first kappa shape index (κ1) is 15.8. The summed E-state index contributed by atoms with van der Waals surface area (Å²) in [6.07, 6.45) is 3.71. The SMILES string of the molecule is Cc1cccc(Sc2ccc3c(c2)CCC2NC(=O)CC[C@]32C)c1. The van der Waals surface area contributed by atoms with Gasteiger partial charge in [0.25, 0.3) is 0 Å². The average Bonchev–Trinajstić information content (AvgIpc) is 2.55. The Morgan fingerprint density at radius 1 is 1.12 bits per heavy atom. The number of nitrogens with one attached hydrogen (secondary N) is 1. The molecule has 0 aromatic heterocycles. The van der Waals surface area contributed by atoms with Crippen molar-refractivity contribution >= 4 is 17.7 Å². The van der Waals surface area contributed by atoms with Gasteiger partial charge in [-0.3, -0.25) is 4.79 Å². The molecule has 1 saturated heterocycles. The highest BCUT2D eigenvalue weighted by Gasteiger charge is 2.43. The van der Waals surface area contributed by atoms with Crippen molar-refractivity contribution in [3.05, 3.63) is 59.2 Å². The summed E-state index contributed by atoms with van der Waals surface area (Å²) in [4.78, 5) is 14.3. The number of carbonyl (C=O) groups is 1. The van der Waals surface area contributed by atoms with Crippen LogP contribution < -0.4 is 5.32 Å². The monoisotopic (exact) mass is 337 g/mol. The molecule has 1 amide bonds. The van der Waals surface area contributed by atoms with Gasteiger partial charge in [0.1, 0.15) is 0 Å². The molecule has 1 unspecified atom stereocenters. The van der Waals surface area contributed by atoms with Crippen LogP contribution >= 0.6 is 11.8 Å². The molecule has 4 rings (SSSR count). The summed E-state index contributed by atoms with van der Waals surface area (Å²) in [6.45, 7) is 4.46. The number of benzene rings is 2. The van der Waals surface area contributed by atoms with Gasteiger partial charge in [-0.25, -0.2) is 0 Å². The van der Waals surface area contributed by atoms with E-state index in [1.54, 1.807) is 0 Å². The number of carbonyl (C=O) groups excluding carboxylic acids is 1. The Bertz CT molecular complexity index is 800. The summed E-state index contributed by atoms with van der Waals surface area (Å²) in [5.41, 5.74) is 4.29. The maximum atomic E-state index is 11.7. The normalized spacial score (nSPS) is 25.6. The van der Waals surface area contributed by atoms with Crippen molar-refractivity contribution < 1.29 is 4.79 Å². The first-order valence-electron chi connectivity index (χ1n) is 8.72. The molecule has 2 atom stereocenters. The van der Waals surface area contributed by atoms with Crippen molar-refractivity contribution in [3.8, 4) is 0 Å². The fraction of sp³-hybridized carbons (Fsp3) is 0.381. The van der Waals surface area contributed by atoms with Crippen LogP contribution in [0.25, 0.3) is 0 Å². The van der Waals surface area contributed by atoms with Gasteiger partial charge in [-0.15, -0.1) is 0 Å². The lowest BCUT2D eigenvalue weighted by molar-refractivity contribution is -0.125. The van der Waals surface area contributed by atoms with Gasteiger partial charge in [0.05, 0.1) is 0 Å². The van der Waals surface area contributed by atoms with Crippen LogP contribution in [0.2, 0.25) is 0 Å². The Morgan fingerprint density at radius 2 is 1.96 bits per heavy atom. The van der Waals surface area contributed by atoms with Crippen molar-refractivity contribution in [2.45, 2.75) is 60.8 Å². The first-order chi connectivity index (χ1) is 11.5. The van der Waals surface area contributed by atoms with Gasteiger partial charge < -0.3 is 5.32 Å². The van der Waals surface area contributed by atoms with Crippen LogP contribution in [0.3, 0.4) is 0 Å². The standard InChI is InChI=1S/C21H23NOS/c1-14-4-3-5-16(12-14)24-17-7-8-18-15(13-17)6-9-19-21(18,2)11-10-20(23)22-19/h3-5,7-8,12-13,19H,6,9-11H2,1-2H3,(H,22,23)/t19?,21-/m1/s1. The van der Waals surface area contributed by atoms with E-state index in [0.717, 1.165) is 19.3 Å². The molecular formula is C21H23NOS. The van der Waals surface area contributed by atoms with E-state index >= 15 is 0 Å². The predicted octanol–water partition coefficient (Wildman–Crippen LogP) is 4.63. The lowest BCUT2D eigenvalue weighted by Gasteiger charge is -2.46. The number of fused-ring (bicyclic) bond motifs is 3. The molecule has 2 aliphatic rings. The molecule has 1 N–H and O–H groups in total. The molecule has 0 spiro atoms. The lowest BCUT2D eigenvalue weighted by atomic mass is 9.64. The molecule has 1 heterocycles. The zero-order valence-electron chi connectivity index (χ0n) is 14.3. The van der Waals surface area contributed by atoms with Crippen LogP contribution in [0.4, 0.5) is 0 Å². The van der Waals surface area contributed by atoms with E-state index in [0.29, 0.717) is 12.5 Å². The minimum atomic E-state index is 0.0913. The van der Waals surface area contributed by atoms with E-state index < -0.39 is 0 Å². The summed E-state index contributed by atoms with van der Waals surface area (Å²) in [5.74, 6) is 0.215. The molecular weight excluding hydrogens is 314 g/mol. The number of hydrogen-bond acceptors (Lipinski definition) is 2. The van der Waals surface area contributed by atoms with Crippen LogP contribution in [0.1, 0.15) is 42.9 Å². The highest BCUT2D eigenvalue weighted by Crippen LogP contribution is 2.44. The van der Waals surface area contributed by atoms with Crippen LogP contribution in [0, 0.1) is 6.92 Å². The third-order valence-electron chi connectivity index (χ3n) is 5.60. The molecule has 1 aliphatic carbocycles. The van der Waals surface area contributed by atoms with Gasteiger partial charge >= 0.3 is 0 Å². The van der Waals surface area contributed by atoms with Crippen molar-refractivity contribution in [2.24, 2.45) is 0 Å². The molecule has 124 valence electrons. The van der Waals surface area contributed by atoms with Crippen molar-refractivity contribution in [3.63, 3.8) is 0 Å². The molecule has 2 aromatic rings. The van der Waals surface area contributed by atoms with Crippen LogP contribution in [-0.2, 0) is 16.6 Å². The Balaban J connectivity index is 1.64. The quantitative estimate of drug-likeness (QED) is 0.866. The fourth-order valence-corrected chi connectivity index (χ4v) is 5.20. The topological polar surface area (TPSA) is 29.1 Å². The van der Waals surface area contributed by atoms with Gasteiger partial charge in [-0.05, 0) is 61.6 Å². The van der Waals surface area contributed by atoms with Gasteiger partial charge in [0.2, 0.25) is 5.91 Å². The zero-order valence-corrected chi connectivity index (χ0v) is 15.1. The summed E-state index contributed by atoms with van der Waals surface area (Å²) < 4.78 is 0. The molecule has 1 fully saturated rings. The number of piperidine rings is 1. The fourth-order valence-electron chi connectivity index (χ4n) is 4.20. The van der Waals surface area contributed by atoms with Crippen LogP contribution in [0.5, 0.6) is 0 Å².